The first-order valence-corrected chi connectivity index (χ1v) is 7.15. The van der Waals surface area contributed by atoms with Gasteiger partial charge >= 0.3 is 0 Å². The van der Waals surface area contributed by atoms with Crippen molar-refractivity contribution in [1.82, 2.24) is 10.3 Å². The van der Waals surface area contributed by atoms with Gasteiger partial charge in [-0.3, -0.25) is 4.98 Å². The van der Waals surface area contributed by atoms with Crippen LogP contribution in [0.1, 0.15) is 43.7 Å². The van der Waals surface area contributed by atoms with E-state index >= 15 is 0 Å². The molecule has 3 nitrogen and oxygen atoms in total. The molecule has 1 aliphatic carbocycles. The van der Waals surface area contributed by atoms with E-state index in [2.05, 4.69) is 32.3 Å². The first-order chi connectivity index (χ1) is 8.29. The van der Waals surface area contributed by atoms with E-state index in [1.54, 1.807) is 6.20 Å². The molecule has 1 aromatic rings. The smallest absolute Gasteiger partial charge is 0.0462 e. The van der Waals surface area contributed by atoms with Gasteiger partial charge in [0.25, 0.3) is 0 Å². The fourth-order valence-corrected chi connectivity index (χ4v) is 2.86. The molecule has 1 atom stereocenters. The molecule has 0 bridgehead atoms. The Morgan fingerprint density at radius 3 is 2.76 bits per heavy atom. The van der Waals surface area contributed by atoms with E-state index in [-0.39, 0.29) is 6.04 Å². The van der Waals surface area contributed by atoms with Crippen LogP contribution in [0.25, 0.3) is 0 Å². The van der Waals surface area contributed by atoms with Crippen LogP contribution in [0.4, 0.5) is 0 Å². The molecule has 0 amide bonds. The fraction of sp³-hybridized carbons (Fsp3) is 0.615. The largest absolute Gasteiger partial charge is 0.329 e. The third kappa shape index (κ3) is 3.76. The molecule has 1 heterocycles. The predicted molar refractivity (Wildman–Crippen MR) is 73.7 cm³/mol. The van der Waals surface area contributed by atoms with Crippen LogP contribution in [-0.2, 0) is 0 Å². The van der Waals surface area contributed by atoms with Crippen molar-refractivity contribution in [2.75, 3.05) is 6.54 Å². The zero-order valence-corrected chi connectivity index (χ0v) is 11.6. The number of aromatic nitrogens is 1. The van der Waals surface area contributed by atoms with E-state index < -0.39 is 0 Å². The van der Waals surface area contributed by atoms with E-state index in [1.807, 2.05) is 6.20 Å². The quantitative estimate of drug-likeness (QED) is 0.898. The summed E-state index contributed by atoms with van der Waals surface area (Å²) in [5.74, 6) is 0. The highest BCUT2D eigenvalue weighted by atomic mass is 79.9. The number of rotatable bonds is 4. The van der Waals surface area contributed by atoms with E-state index in [4.69, 9.17) is 5.73 Å². The molecule has 1 aromatic heterocycles. The number of nitrogens with two attached hydrogens (primary N) is 1. The average Bonchev–Trinajstić information content (AvgIpc) is 2.37. The summed E-state index contributed by atoms with van der Waals surface area (Å²) in [4.78, 5) is 4.20. The maximum absolute atomic E-state index is 5.87. The second-order valence-corrected chi connectivity index (χ2v) is 5.64. The summed E-state index contributed by atoms with van der Waals surface area (Å²) in [5, 5.41) is 3.66. The van der Waals surface area contributed by atoms with Crippen molar-refractivity contribution < 1.29 is 0 Å². The minimum absolute atomic E-state index is 0.225. The zero-order chi connectivity index (χ0) is 12.1. The second-order valence-electron chi connectivity index (χ2n) is 4.73. The summed E-state index contributed by atoms with van der Waals surface area (Å²) in [7, 11) is 0. The van der Waals surface area contributed by atoms with Crippen molar-refractivity contribution in [2.45, 2.75) is 44.2 Å². The third-order valence-electron chi connectivity index (χ3n) is 3.41. The number of halogens is 1. The van der Waals surface area contributed by atoms with Crippen molar-refractivity contribution in [3.8, 4) is 0 Å². The van der Waals surface area contributed by atoms with Crippen molar-refractivity contribution in [2.24, 2.45) is 5.73 Å². The van der Waals surface area contributed by atoms with Gasteiger partial charge in [0, 0.05) is 35.5 Å². The number of nitrogens with one attached hydrogen (secondary N) is 1. The Kier molecular flexibility index (Phi) is 4.95. The van der Waals surface area contributed by atoms with Gasteiger partial charge < -0.3 is 11.1 Å². The van der Waals surface area contributed by atoms with Gasteiger partial charge in [-0.05, 0) is 40.4 Å². The monoisotopic (exact) mass is 297 g/mol. The molecule has 94 valence electrons. The van der Waals surface area contributed by atoms with Crippen molar-refractivity contribution in [3.63, 3.8) is 0 Å². The molecule has 0 radical (unpaired) electrons. The predicted octanol–water partition coefficient (Wildman–Crippen LogP) is 2.77. The van der Waals surface area contributed by atoms with Gasteiger partial charge in [0.05, 0.1) is 0 Å². The molecular weight excluding hydrogens is 278 g/mol. The lowest BCUT2D eigenvalue weighted by Gasteiger charge is -2.28. The SMILES string of the molecule is NCC(NC1CCCCC1)c1cncc(Br)c1. The van der Waals surface area contributed by atoms with Crippen molar-refractivity contribution >= 4 is 15.9 Å². The highest BCUT2D eigenvalue weighted by molar-refractivity contribution is 9.10. The first kappa shape index (κ1) is 13.0. The second kappa shape index (κ2) is 6.47. The van der Waals surface area contributed by atoms with Crippen LogP contribution >= 0.6 is 15.9 Å². The third-order valence-corrected chi connectivity index (χ3v) is 3.84. The molecule has 17 heavy (non-hydrogen) atoms. The lowest BCUT2D eigenvalue weighted by molar-refractivity contribution is 0.340. The summed E-state index contributed by atoms with van der Waals surface area (Å²) >= 11 is 3.45. The summed E-state index contributed by atoms with van der Waals surface area (Å²) in [6, 6.07) is 2.94. The molecule has 1 saturated carbocycles. The summed E-state index contributed by atoms with van der Waals surface area (Å²) < 4.78 is 1.01. The summed E-state index contributed by atoms with van der Waals surface area (Å²) in [5.41, 5.74) is 7.04. The molecule has 0 aromatic carbocycles. The topological polar surface area (TPSA) is 50.9 Å². The van der Waals surface area contributed by atoms with Crippen LogP contribution in [0.2, 0.25) is 0 Å². The van der Waals surface area contributed by atoms with Crippen molar-refractivity contribution in [1.29, 1.82) is 0 Å². The zero-order valence-electron chi connectivity index (χ0n) is 10.0. The van der Waals surface area contributed by atoms with Gasteiger partial charge in [-0.1, -0.05) is 19.3 Å². The summed E-state index contributed by atoms with van der Waals surface area (Å²) in [6.07, 6.45) is 10.3. The molecule has 3 N–H and O–H groups in total. The van der Waals surface area contributed by atoms with E-state index in [0.717, 1.165) is 4.47 Å². The fourth-order valence-electron chi connectivity index (χ4n) is 2.47. The van der Waals surface area contributed by atoms with Gasteiger partial charge in [-0.2, -0.15) is 0 Å². The molecule has 0 spiro atoms. The number of nitrogens with zero attached hydrogens (tertiary/aromatic N) is 1. The Hall–Kier alpha value is -0.450. The summed E-state index contributed by atoms with van der Waals surface area (Å²) in [6.45, 7) is 0.620. The Bertz CT molecular complexity index is 350. The van der Waals surface area contributed by atoms with Gasteiger partial charge in [0.1, 0.15) is 0 Å². The van der Waals surface area contributed by atoms with E-state index in [1.165, 1.54) is 37.7 Å². The Morgan fingerprint density at radius 2 is 2.12 bits per heavy atom. The minimum atomic E-state index is 0.225. The highest BCUT2D eigenvalue weighted by Crippen LogP contribution is 2.22. The molecule has 0 aliphatic heterocycles. The number of pyridine rings is 1. The van der Waals surface area contributed by atoms with Crippen LogP contribution in [0.15, 0.2) is 22.9 Å². The van der Waals surface area contributed by atoms with Crippen molar-refractivity contribution in [3.05, 3.63) is 28.5 Å². The van der Waals surface area contributed by atoms with Gasteiger partial charge in [0.15, 0.2) is 0 Å². The lowest BCUT2D eigenvalue weighted by Crippen LogP contribution is -2.37. The molecule has 1 fully saturated rings. The molecule has 1 unspecified atom stereocenters. The molecule has 4 heteroatoms. The van der Waals surface area contributed by atoms with Crippen LogP contribution in [-0.4, -0.2) is 17.6 Å². The van der Waals surface area contributed by atoms with Crippen LogP contribution in [0.5, 0.6) is 0 Å². The standard InChI is InChI=1S/C13H20BrN3/c14-11-6-10(8-16-9-11)13(7-15)17-12-4-2-1-3-5-12/h6,8-9,12-13,17H,1-5,7,15H2. The lowest BCUT2D eigenvalue weighted by atomic mass is 9.94. The number of hydrogen-bond donors (Lipinski definition) is 2. The van der Waals surface area contributed by atoms with Crippen LogP contribution in [0.3, 0.4) is 0 Å². The van der Waals surface area contributed by atoms with Gasteiger partial charge in [0.2, 0.25) is 0 Å². The highest BCUT2D eigenvalue weighted by Gasteiger charge is 2.18. The molecular formula is C13H20BrN3. The van der Waals surface area contributed by atoms with Crippen LogP contribution < -0.4 is 11.1 Å². The molecule has 1 aliphatic rings. The molecule has 0 saturated heterocycles. The Morgan fingerprint density at radius 1 is 1.35 bits per heavy atom. The Labute approximate surface area is 111 Å². The van der Waals surface area contributed by atoms with Crippen LogP contribution in [0, 0.1) is 0 Å². The maximum atomic E-state index is 5.87. The maximum Gasteiger partial charge on any atom is 0.0462 e. The van der Waals surface area contributed by atoms with E-state index in [9.17, 15) is 0 Å². The van der Waals surface area contributed by atoms with E-state index in [0.29, 0.717) is 12.6 Å². The average molecular weight is 298 g/mol. The minimum Gasteiger partial charge on any atom is -0.329 e. The molecule has 2 rings (SSSR count). The number of hydrogen-bond acceptors (Lipinski definition) is 3. The van der Waals surface area contributed by atoms with Gasteiger partial charge in [-0.15, -0.1) is 0 Å². The van der Waals surface area contributed by atoms with Gasteiger partial charge in [-0.25, -0.2) is 0 Å². The normalized spacial score (nSPS) is 19.2. The first-order valence-electron chi connectivity index (χ1n) is 6.36. The Balaban J connectivity index is 2.00.